The number of carbonyl (C=O) groups excluding carboxylic acids is 2. The molecule has 0 radical (unpaired) electrons. The van der Waals surface area contributed by atoms with Crippen LogP contribution in [0.25, 0.3) is 11.0 Å². The van der Waals surface area contributed by atoms with Crippen LogP contribution in [-0.4, -0.2) is 59.9 Å². The average Bonchev–Trinajstić information content (AvgIpc) is 3.50. The number of alkyl halides is 3. The first-order chi connectivity index (χ1) is 22.1. The van der Waals surface area contributed by atoms with Gasteiger partial charge in [0.15, 0.2) is 5.76 Å². The van der Waals surface area contributed by atoms with Crippen molar-refractivity contribution in [2.24, 2.45) is 0 Å². The summed E-state index contributed by atoms with van der Waals surface area (Å²) in [6, 6.07) is 21.2. The predicted molar refractivity (Wildman–Crippen MR) is 164 cm³/mol. The fourth-order valence-electron chi connectivity index (χ4n) is 6.00. The second-order valence-corrected chi connectivity index (χ2v) is 11.8. The smallest absolute Gasteiger partial charge is 0.416 e. The number of fused-ring (bicyclic) bond motifs is 1. The topological polar surface area (TPSA) is 98.8 Å². The maximum absolute atomic E-state index is 13.3. The summed E-state index contributed by atoms with van der Waals surface area (Å²) >= 11 is 0. The van der Waals surface area contributed by atoms with Crippen molar-refractivity contribution in [3.05, 3.63) is 101 Å². The van der Waals surface area contributed by atoms with Crippen LogP contribution < -0.4 is 10.1 Å². The molecule has 1 aromatic heterocycles. The number of nitrogens with zero attached hydrogens (tertiary/aromatic N) is 3. The van der Waals surface area contributed by atoms with E-state index in [0.29, 0.717) is 53.8 Å². The van der Waals surface area contributed by atoms with E-state index < -0.39 is 11.7 Å². The Bertz CT molecular complexity index is 1730. The maximum Gasteiger partial charge on any atom is 0.416 e. The molecule has 46 heavy (non-hydrogen) atoms. The van der Waals surface area contributed by atoms with Crippen molar-refractivity contribution in [2.75, 3.05) is 26.2 Å². The van der Waals surface area contributed by atoms with Gasteiger partial charge in [-0.15, -0.1) is 0 Å². The number of hydrogen-bond acceptors (Lipinski definition) is 6. The van der Waals surface area contributed by atoms with Gasteiger partial charge in [-0.3, -0.25) is 14.5 Å². The van der Waals surface area contributed by atoms with E-state index in [0.717, 1.165) is 50.2 Å². The van der Waals surface area contributed by atoms with Crippen LogP contribution in [0.3, 0.4) is 0 Å². The molecule has 8 nitrogen and oxygen atoms in total. The molecule has 2 amide bonds. The molecule has 0 saturated carbocycles. The summed E-state index contributed by atoms with van der Waals surface area (Å²) in [5.74, 6) is 0.133. The van der Waals surface area contributed by atoms with Crippen molar-refractivity contribution < 1.29 is 31.9 Å². The van der Waals surface area contributed by atoms with E-state index in [2.05, 4.69) is 16.3 Å². The van der Waals surface area contributed by atoms with Crippen LogP contribution in [0.4, 0.5) is 13.2 Å². The van der Waals surface area contributed by atoms with Crippen LogP contribution in [0, 0.1) is 11.3 Å². The van der Waals surface area contributed by atoms with Gasteiger partial charge in [0.05, 0.1) is 17.2 Å². The Labute approximate surface area is 264 Å². The Hall–Kier alpha value is -4.82. The molecule has 2 fully saturated rings. The molecule has 0 unspecified atom stereocenters. The number of amides is 2. The number of nitrogens with one attached hydrogen (secondary N) is 1. The standard InChI is InChI=1S/C35H33F3N4O4/c36-35(37,38)27-6-8-29(9-7-27)45-30-13-17-42(18-14-30)34(44)25-5-10-31-26(19-25)20-32(46-31)33(43)40-28-11-15-41(16-12-28)22-24-3-1-23(21-39)2-4-24/h1-10,19-20,28,30H,11-18,22H2,(H,40,43). The second-order valence-electron chi connectivity index (χ2n) is 11.8. The Morgan fingerprint density at radius 2 is 1.61 bits per heavy atom. The lowest BCUT2D eigenvalue weighted by Gasteiger charge is -2.32. The predicted octanol–water partition coefficient (Wildman–Crippen LogP) is 6.40. The number of hydrogen-bond donors (Lipinski definition) is 1. The lowest BCUT2D eigenvalue weighted by Crippen LogP contribution is -2.44. The first-order valence-corrected chi connectivity index (χ1v) is 15.3. The van der Waals surface area contributed by atoms with Crippen LogP contribution in [-0.2, 0) is 12.7 Å². The van der Waals surface area contributed by atoms with Crippen LogP contribution in [0.15, 0.2) is 77.2 Å². The van der Waals surface area contributed by atoms with Crippen molar-refractivity contribution in [3.8, 4) is 11.8 Å². The number of nitriles is 1. The van der Waals surface area contributed by atoms with Crippen LogP contribution in [0.5, 0.6) is 5.75 Å². The molecule has 0 atom stereocenters. The van der Waals surface area contributed by atoms with E-state index in [4.69, 9.17) is 14.4 Å². The van der Waals surface area contributed by atoms with Crippen LogP contribution in [0.1, 0.15) is 63.3 Å². The molecule has 11 heteroatoms. The largest absolute Gasteiger partial charge is 0.490 e. The SMILES string of the molecule is N#Cc1ccc(CN2CCC(NC(=O)c3cc4cc(C(=O)N5CCC(Oc6ccc(C(F)(F)F)cc6)CC5)ccc4o3)CC2)cc1. The highest BCUT2D eigenvalue weighted by atomic mass is 19.4. The summed E-state index contributed by atoms with van der Waals surface area (Å²) in [7, 11) is 0. The number of piperidine rings is 2. The molecular formula is C35H33F3N4O4. The van der Waals surface area contributed by atoms with E-state index in [1.807, 2.05) is 24.3 Å². The second kappa shape index (κ2) is 13.3. The molecule has 2 aliphatic heterocycles. The summed E-state index contributed by atoms with van der Waals surface area (Å²) in [6.07, 6.45) is -1.86. The molecule has 3 heterocycles. The number of ether oxygens (including phenoxy) is 1. The quantitative estimate of drug-likeness (QED) is 0.254. The third-order valence-corrected chi connectivity index (χ3v) is 8.61. The van der Waals surface area contributed by atoms with Crippen molar-refractivity contribution in [1.29, 1.82) is 5.26 Å². The van der Waals surface area contributed by atoms with Crippen molar-refractivity contribution >= 4 is 22.8 Å². The average molecular weight is 631 g/mol. The van der Waals surface area contributed by atoms with Gasteiger partial charge in [-0.1, -0.05) is 12.1 Å². The molecule has 3 aromatic carbocycles. The van der Waals surface area contributed by atoms with Crippen LogP contribution in [0.2, 0.25) is 0 Å². The number of halogens is 3. The van der Waals surface area contributed by atoms with Crippen molar-refractivity contribution in [3.63, 3.8) is 0 Å². The van der Waals surface area contributed by atoms with Gasteiger partial charge < -0.3 is 19.4 Å². The number of rotatable bonds is 7. The van der Waals surface area contributed by atoms with Gasteiger partial charge in [0, 0.05) is 62.6 Å². The molecule has 0 spiro atoms. The van der Waals surface area contributed by atoms with Gasteiger partial charge in [-0.25, -0.2) is 0 Å². The first-order valence-electron chi connectivity index (χ1n) is 15.3. The number of carbonyl (C=O) groups is 2. The summed E-state index contributed by atoms with van der Waals surface area (Å²) in [6.45, 7) is 3.39. The summed E-state index contributed by atoms with van der Waals surface area (Å²) in [5.41, 5.74) is 2.07. The highest BCUT2D eigenvalue weighted by Gasteiger charge is 2.31. The van der Waals surface area contributed by atoms with Gasteiger partial charge in [-0.2, -0.15) is 18.4 Å². The Kier molecular flexibility index (Phi) is 8.99. The molecule has 0 bridgehead atoms. The zero-order chi connectivity index (χ0) is 32.3. The summed E-state index contributed by atoms with van der Waals surface area (Å²) in [4.78, 5) is 30.4. The molecule has 238 valence electrons. The fourth-order valence-corrected chi connectivity index (χ4v) is 6.00. The number of likely N-dealkylation sites (tertiary alicyclic amines) is 2. The molecule has 2 aliphatic rings. The number of benzene rings is 3. The first kappa shape index (κ1) is 31.2. The molecule has 1 N–H and O–H groups in total. The number of furan rings is 1. The zero-order valence-corrected chi connectivity index (χ0v) is 25.1. The lowest BCUT2D eigenvalue weighted by atomic mass is 10.0. The van der Waals surface area contributed by atoms with Gasteiger partial charge in [0.25, 0.3) is 11.8 Å². The normalized spacial score (nSPS) is 16.7. The molecule has 2 saturated heterocycles. The minimum atomic E-state index is -4.40. The molecule has 0 aliphatic carbocycles. The van der Waals surface area contributed by atoms with Gasteiger partial charge in [-0.05, 0) is 79.1 Å². The monoisotopic (exact) mass is 630 g/mol. The van der Waals surface area contributed by atoms with E-state index in [-0.39, 0.29) is 29.7 Å². The van der Waals surface area contributed by atoms with Gasteiger partial charge in [0.1, 0.15) is 17.4 Å². The van der Waals surface area contributed by atoms with Gasteiger partial charge in [0.2, 0.25) is 0 Å². The van der Waals surface area contributed by atoms with Crippen molar-refractivity contribution in [2.45, 2.75) is 50.6 Å². The summed E-state index contributed by atoms with van der Waals surface area (Å²) in [5, 5.41) is 12.7. The minimum Gasteiger partial charge on any atom is -0.490 e. The fraction of sp³-hybridized carbons (Fsp3) is 0.343. The Balaban J connectivity index is 0.985. The lowest BCUT2D eigenvalue weighted by molar-refractivity contribution is -0.137. The highest BCUT2D eigenvalue weighted by Crippen LogP contribution is 2.31. The van der Waals surface area contributed by atoms with E-state index in [9.17, 15) is 22.8 Å². The van der Waals surface area contributed by atoms with E-state index in [1.165, 1.54) is 12.1 Å². The van der Waals surface area contributed by atoms with Crippen molar-refractivity contribution in [1.82, 2.24) is 15.1 Å². The molecule has 6 rings (SSSR count). The molecule has 4 aromatic rings. The third kappa shape index (κ3) is 7.35. The Morgan fingerprint density at radius 3 is 2.26 bits per heavy atom. The third-order valence-electron chi connectivity index (χ3n) is 8.61. The minimum absolute atomic E-state index is 0.0289. The molecular weight excluding hydrogens is 597 g/mol. The van der Waals surface area contributed by atoms with E-state index >= 15 is 0 Å². The summed E-state index contributed by atoms with van der Waals surface area (Å²) < 4.78 is 50.1. The van der Waals surface area contributed by atoms with Crippen LogP contribution >= 0.6 is 0 Å². The maximum atomic E-state index is 13.3. The zero-order valence-electron chi connectivity index (χ0n) is 25.1. The highest BCUT2D eigenvalue weighted by molar-refractivity contribution is 6.00. The van der Waals surface area contributed by atoms with Gasteiger partial charge >= 0.3 is 6.18 Å². The van der Waals surface area contributed by atoms with E-state index in [1.54, 1.807) is 29.2 Å². The Morgan fingerprint density at radius 1 is 0.913 bits per heavy atom.